The number of nitrogens with zero attached hydrogens (tertiary/aromatic N) is 1. The highest BCUT2D eigenvalue weighted by molar-refractivity contribution is 5.91. The zero-order valence-corrected chi connectivity index (χ0v) is 12.1. The quantitative estimate of drug-likeness (QED) is 0.893. The first-order valence-corrected chi connectivity index (χ1v) is 6.75. The van der Waals surface area contributed by atoms with Crippen molar-refractivity contribution in [3.05, 3.63) is 29.3 Å². The van der Waals surface area contributed by atoms with E-state index in [0.717, 1.165) is 18.6 Å². The molecular weight excluding hydrogens is 258 g/mol. The first-order valence-electron chi connectivity index (χ1n) is 6.75. The molecule has 0 amide bonds. The van der Waals surface area contributed by atoms with Gasteiger partial charge in [0.05, 0.1) is 13.2 Å². The Kier molecular flexibility index (Phi) is 4.62. The van der Waals surface area contributed by atoms with Crippen LogP contribution >= 0.6 is 0 Å². The van der Waals surface area contributed by atoms with Crippen LogP contribution in [0.5, 0.6) is 5.75 Å². The third-order valence-electron chi connectivity index (χ3n) is 3.83. The molecule has 20 heavy (non-hydrogen) atoms. The Morgan fingerprint density at radius 3 is 2.85 bits per heavy atom. The zero-order valence-electron chi connectivity index (χ0n) is 12.1. The van der Waals surface area contributed by atoms with Crippen molar-refractivity contribution in [1.82, 2.24) is 4.90 Å². The topological polar surface area (TPSA) is 59.0 Å². The second kappa shape index (κ2) is 6.24. The molecule has 1 aliphatic heterocycles. The summed E-state index contributed by atoms with van der Waals surface area (Å²) >= 11 is 0. The van der Waals surface area contributed by atoms with Crippen LogP contribution in [0.25, 0.3) is 0 Å². The number of carboxylic acids is 1. The van der Waals surface area contributed by atoms with Crippen molar-refractivity contribution in [2.75, 3.05) is 20.8 Å². The number of carboxylic acid groups (broad SMARTS) is 1. The molecule has 1 fully saturated rings. The van der Waals surface area contributed by atoms with Crippen molar-refractivity contribution in [3.8, 4) is 5.75 Å². The number of aromatic carboxylic acids is 1. The molecule has 1 aliphatic rings. The molecule has 0 bridgehead atoms. The van der Waals surface area contributed by atoms with E-state index in [9.17, 15) is 9.90 Å². The second-order valence-electron chi connectivity index (χ2n) is 5.19. The fourth-order valence-electron chi connectivity index (χ4n) is 2.73. The van der Waals surface area contributed by atoms with E-state index in [-0.39, 0.29) is 11.7 Å². The Labute approximate surface area is 119 Å². The summed E-state index contributed by atoms with van der Waals surface area (Å²) in [7, 11) is 3.52. The third kappa shape index (κ3) is 3.11. The molecule has 0 aliphatic carbocycles. The SMILES string of the molecule is COc1ccc(CN(C)C2CCOC2C)cc1C(=O)O. The van der Waals surface area contributed by atoms with E-state index in [0.29, 0.717) is 18.3 Å². The first kappa shape index (κ1) is 14.8. The number of hydrogen-bond acceptors (Lipinski definition) is 4. The molecule has 5 heteroatoms. The van der Waals surface area contributed by atoms with Crippen molar-refractivity contribution >= 4 is 5.97 Å². The van der Waals surface area contributed by atoms with Crippen LogP contribution in [0.1, 0.15) is 29.3 Å². The number of ether oxygens (including phenoxy) is 2. The van der Waals surface area contributed by atoms with Crippen LogP contribution in [-0.4, -0.2) is 48.9 Å². The average molecular weight is 279 g/mol. The number of likely N-dealkylation sites (N-methyl/N-ethyl adjacent to an activating group) is 1. The molecule has 0 saturated carbocycles. The predicted molar refractivity (Wildman–Crippen MR) is 75.2 cm³/mol. The first-order chi connectivity index (χ1) is 9.52. The van der Waals surface area contributed by atoms with Gasteiger partial charge in [-0.1, -0.05) is 6.07 Å². The van der Waals surface area contributed by atoms with Crippen molar-refractivity contribution in [3.63, 3.8) is 0 Å². The maximum atomic E-state index is 11.2. The van der Waals surface area contributed by atoms with Gasteiger partial charge in [0.25, 0.3) is 0 Å². The van der Waals surface area contributed by atoms with Crippen LogP contribution in [0.2, 0.25) is 0 Å². The predicted octanol–water partition coefficient (Wildman–Crippen LogP) is 2.00. The zero-order chi connectivity index (χ0) is 14.7. The lowest BCUT2D eigenvalue weighted by Crippen LogP contribution is -2.36. The molecule has 1 aromatic carbocycles. The Balaban J connectivity index is 2.13. The summed E-state index contributed by atoms with van der Waals surface area (Å²) in [4.78, 5) is 13.4. The van der Waals surface area contributed by atoms with E-state index in [1.807, 2.05) is 13.1 Å². The molecule has 1 saturated heterocycles. The van der Waals surface area contributed by atoms with Crippen LogP contribution in [0, 0.1) is 0 Å². The normalized spacial score (nSPS) is 22.2. The molecule has 2 unspecified atom stereocenters. The van der Waals surface area contributed by atoms with Gasteiger partial charge in [0.1, 0.15) is 11.3 Å². The highest BCUT2D eigenvalue weighted by Crippen LogP contribution is 2.23. The highest BCUT2D eigenvalue weighted by atomic mass is 16.5. The summed E-state index contributed by atoms with van der Waals surface area (Å²) in [6, 6.07) is 5.67. The lowest BCUT2D eigenvalue weighted by molar-refractivity contribution is 0.0692. The Hall–Kier alpha value is -1.59. The van der Waals surface area contributed by atoms with Gasteiger partial charge in [-0.2, -0.15) is 0 Å². The number of hydrogen-bond donors (Lipinski definition) is 1. The summed E-state index contributed by atoms with van der Waals surface area (Å²) < 4.78 is 10.6. The van der Waals surface area contributed by atoms with Crippen molar-refractivity contribution in [2.24, 2.45) is 0 Å². The van der Waals surface area contributed by atoms with E-state index in [2.05, 4.69) is 11.8 Å². The summed E-state index contributed by atoms with van der Waals surface area (Å²) in [6.07, 6.45) is 1.23. The fraction of sp³-hybridized carbons (Fsp3) is 0.533. The number of rotatable bonds is 5. The Morgan fingerprint density at radius 1 is 1.55 bits per heavy atom. The van der Waals surface area contributed by atoms with Gasteiger partial charge in [-0.05, 0) is 38.1 Å². The van der Waals surface area contributed by atoms with Crippen molar-refractivity contribution < 1.29 is 19.4 Å². The minimum absolute atomic E-state index is 0.203. The van der Waals surface area contributed by atoms with E-state index in [1.165, 1.54) is 7.11 Å². The maximum absolute atomic E-state index is 11.2. The van der Waals surface area contributed by atoms with Crippen molar-refractivity contribution in [1.29, 1.82) is 0 Å². The summed E-state index contributed by atoms with van der Waals surface area (Å²) in [5.41, 5.74) is 1.17. The Bertz CT molecular complexity index is 489. The van der Waals surface area contributed by atoms with Gasteiger partial charge in [0, 0.05) is 19.2 Å². The summed E-state index contributed by atoms with van der Waals surface area (Å²) in [6.45, 7) is 3.56. The van der Waals surface area contributed by atoms with Gasteiger partial charge in [-0.3, -0.25) is 4.90 Å². The van der Waals surface area contributed by atoms with Crippen LogP contribution in [0.4, 0.5) is 0 Å². The average Bonchev–Trinajstić information content (AvgIpc) is 2.85. The largest absolute Gasteiger partial charge is 0.496 e. The second-order valence-corrected chi connectivity index (χ2v) is 5.19. The monoisotopic (exact) mass is 279 g/mol. The van der Waals surface area contributed by atoms with E-state index >= 15 is 0 Å². The smallest absolute Gasteiger partial charge is 0.339 e. The molecule has 2 atom stereocenters. The van der Waals surface area contributed by atoms with Gasteiger partial charge in [-0.25, -0.2) is 4.79 Å². The van der Waals surface area contributed by atoms with E-state index in [4.69, 9.17) is 9.47 Å². The third-order valence-corrected chi connectivity index (χ3v) is 3.83. The molecule has 110 valence electrons. The van der Waals surface area contributed by atoms with Crippen LogP contribution in [0.3, 0.4) is 0 Å². The van der Waals surface area contributed by atoms with Crippen LogP contribution in [0.15, 0.2) is 18.2 Å². The molecule has 5 nitrogen and oxygen atoms in total. The van der Waals surface area contributed by atoms with E-state index < -0.39 is 5.97 Å². The van der Waals surface area contributed by atoms with Gasteiger partial charge in [0.2, 0.25) is 0 Å². The molecule has 1 N–H and O–H groups in total. The molecule has 1 aromatic rings. The highest BCUT2D eigenvalue weighted by Gasteiger charge is 2.27. The van der Waals surface area contributed by atoms with Gasteiger partial charge >= 0.3 is 5.97 Å². The molecule has 2 rings (SSSR count). The number of methoxy groups -OCH3 is 1. The van der Waals surface area contributed by atoms with E-state index in [1.54, 1.807) is 12.1 Å². The lowest BCUT2D eigenvalue weighted by Gasteiger charge is -2.26. The minimum atomic E-state index is -0.969. The van der Waals surface area contributed by atoms with Crippen LogP contribution in [-0.2, 0) is 11.3 Å². The number of carbonyl (C=O) groups is 1. The lowest BCUT2D eigenvalue weighted by atomic mass is 10.1. The van der Waals surface area contributed by atoms with Gasteiger partial charge < -0.3 is 14.6 Å². The van der Waals surface area contributed by atoms with Crippen LogP contribution < -0.4 is 4.74 Å². The Morgan fingerprint density at radius 2 is 2.30 bits per heavy atom. The fourth-order valence-corrected chi connectivity index (χ4v) is 2.73. The number of benzene rings is 1. The maximum Gasteiger partial charge on any atom is 0.339 e. The van der Waals surface area contributed by atoms with Gasteiger partial charge in [-0.15, -0.1) is 0 Å². The van der Waals surface area contributed by atoms with Crippen molar-refractivity contribution in [2.45, 2.75) is 32.0 Å². The molecule has 0 radical (unpaired) electrons. The standard InChI is InChI=1S/C15H21NO4/c1-10-13(6-7-20-10)16(2)9-11-4-5-14(19-3)12(8-11)15(17)18/h4-5,8,10,13H,6-7,9H2,1-3H3,(H,17,18). The summed E-state index contributed by atoms with van der Waals surface area (Å²) in [5.74, 6) is -0.578. The minimum Gasteiger partial charge on any atom is -0.496 e. The molecule has 1 heterocycles. The molecular formula is C15H21NO4. The van der Waals surface area contributed by atoms with Gasteiger partial charge in [0.15, 0.2) is 0 Å². The summed E-state index contributed by atoms with van der Waals surface area (Å²) in [5, 5.41) is 9.20. The molecule has 0 aromatic heterocycles. The molecule has 0 spiro atoms.